The third kappa shape index (κ3) is 8.08. The minimum Gasteiger partial charge on any atom is -0.444 e. The monoisotopic (exact) mass is 435 g/mol. The van der Waals surface area contributed by atoms with Gasteiger partial charge in [-0.1, -0.05) is 0 Å². The van der Waals surface area contributed by atoms with Crippen LogP contribution < -0.4 is 10.6 Å². The van der Waals surface area contributed by atoms with Crippen LogP contribution in [-0.4, -0.2) is 60.3 Å². The summed E-state index contributed by atoms with van der Waals surface area (Å²) in [6.45, 7) is 6.84. The number of nitrogens with one attached hydrogen (secondary N) is 2. The van der Waals surface area contributed by atoms with Crippen LogP contribution in [0.15, 0.2) is 10.4 Å². The molecule has 29 heavy (non-hydrogen) atoms. The summed E-state index contributed by atoms with van der Waals surface area (Å²) >= 11 is 0.986. The summed E-state index contributed by atoms with van der Waals surface area (Å²) in [6.07, 6.45) is -2.44. The van der Waals surface area contributed by atoms with Crippen LogP contribution in [0.25, 0.3) is 0 Å². The van der Waals surface area contributed by atoms with Gasteiger partial charge in [0.05, 0.1) is 5.01 Å². The van der Waals surface area contributed by atoms with Crippen molar-refractivity contribution in [3.63, 3.8) is 0 Å². The first-order chi connectivity index (χ1) is 13.5. The Hall–Kier alpha value is -2.04. The minimum absolute atomic E-state index is 0.217. The SMILES string of the molecule is CN=C(NCCc1nc(C(F)(F)F)cs1)NCCN(C(=O)OC(C)(C)C)C1CC1. The largest absolute Gasteiger partial charge is 0.444 e. The predicted octanol–water partition coefficient (Wildman–Crippen LogP) is 3.27. The molecule has 1 fully saturated rings. The van der Waals surface area contributed by atoms with Gasteiger partial charge in [-0.2, -0.15) is 13.2 Å². The summed E-state index contributed by atoms with van der Waals surface area (Å²) in [5.74, 6) is 0.512. The van der Waals surface area contributed by atoms with Crippen molar-refractivity contribution in [2.45, 2.75) is 57.9 Å². The molecule has 0 saturated heterocycles. The van der Waals surface area contributed by atoms with Crippen molar-refractivity contribution >= 4 is 23.4 Å². The lowest BCUT2D eigenvalue weighted by molar-refractivity contribution is -0.140. The van der Waals surface area contributed by atoms with Crippen molar-refractivity contribution in [2.24, 2.45) is 4.99 Å². The Balaban J connectivity index is 1.74. The van der Waals surface area contributed by atoms with E-state index in [1.165, 1.54) is 0 Å². The summed E-state index contributed by atoms with van der Waals surface area (Å²) in [4.78, 5) is 21.7. The molecule has 1 saturated carbocycles. The molecule has 11 heteroatoms. The van der Waals surface area contributed by atoms with Gasteiger partial charge in [0.2, 0.25) is 0 Å². The molecule has 1 amide bonds. The summed E-state index contributed by atoms with van der Waals surface area (Å²) in [7, 11) is 1.60. The lowest BCUT2D eigenvalue weighted by Crippen LogP contribution is -2.45. The Bertz CT molecular complexity index is 711. The Morgan fingerprint density at radius 1 is 1.31 bits per heavy atom. The number of alkyl halides is 3. The van der Waals surface area contributed by atoms with Gasteiger partial charge < -0.3 is 20.3 Å². The van der Waals surface area contributed by atoms with Crippen molar-refractivity contribution < 1.29 is 22.7 Å². The lowest BCUT2D eigenvalue weighted by Gasteiger charge is -2.27. The zero-order valence-corrected chi connectivity index (χ0v) is 17.9. The number of carbonyl (C=O) groups excluding carboxylic acids is 1. The smallest absolute Gasteiger partial charge is 0.434 e. The highest BCUT2D eigenvalue weighted by Crippen LogP contribution is 2.30. The van der Waals surface area contributed by atoms with Crippen LogP contribution >= 0.6 is 11.3 Å². The van der Waals surface area contributed by atoms with Crippen LogP contribution in [0.2, 0.25) is 0 Å². The molecule has 2 rings (SSSR count). The van der Waals surface area contributed by atoms with E-state index in [9.17, 15) is 18.0 Å². The van der Waals surface area contributed by atoms with Gasteiger partial charge in [0.15, 0.2) is 11.7 Å². The number of aromatic nitrogens is 1. The molecule has 0 unspecified atom stereocenters. The van der Waals surface area contributed by atoms with E-state index in [4.69, 9.17) is 4.74 Å². The van der Waals surface area contributed by atoms with Crippen LogP contribution in [0.4, 0.5) is 18.0 Å². The van der Waals surface area contributed by atoms with Crippen molar-refractivity contribution in [1.29, 1.82) is 0 Å². The second kappa shape index (κ2) is 9.64. The van der Waals surface area contributed by atoms with Gasteiger partial charge in [0.1, 0.15) is 5.60 Å². The molecule has 1 heterocycles. The van der Waals surface area contributed by atoms with Gasteiger partial charge >= 0.3 is 12.3 Å². The highest BCUT2D eigenvalue weighted by Gasteiger charge is 2.35. The highest BCUT2D eigenvalue weighted by atomic mass is 32.1. The molecule has 0 spiro atoms. The molecule has 2 N–H and O–H groups in total. The number of amides is 1. The standard InChI is InChI=1S/C18H28F3N5O2S/c1-17(2,3)28-16(27)26(12-5-6-12)10-9-24-15(22-4)23-8-7-14-25-13(11-29-14)18(19,20)21/h11-12H,5-10H2,1-4H3,(H2,22,23,24). The van der Waals surface area contributed by atoms with Gasteiger partial charge in [-0.3, -0.25) is 4.99 Å². The summed E-state index contributed by atoms with van der Waals surface area (Å²) in [5.41, 5.74) is -1.40. The van der Waals surface area contributed by atoms with E-state index in [1.54, 1.807) is 11.9 Å². The van der Waals surface area contributed by atoms with E-state index in [0.29, 0.717) is 37.0 Å². The van der Waals surface area contributed by atoms with E-state index in [0.717, 1.165) is 29.6 Å². The number of carbonyl (C=O) groups is 1. The van der Waals surface area contributed by atoms with E-state index >= 15 is 0 Å². The first-order valence-electron chi connectivity index (χ1n) is 9.45. The molecular weight excluding hydrogens is 407 g/mol. The Morgan fingerprint density at radius 3 is 2.48 bits per heavy atom. The van der Waals surface area contributed by atoms with E-state index in [2.05, 4.69) is 20.6 Å². The van der Waals surface area contributed by atoms with E-state index in [-0.39, 0.29) is 12.1 Å². The number of guanidine groups is 1. The van der Waals surface area contributed by atoms with Gasteiger partial charge in [0, 0.05) is 44.5 Å². The number of rotatable bonds is 7. The van der Waals surface area contributed by atoms with Crippen molar-refractivity contribution in [2.75, 3.05) is 26.7 Å². The summed E-state index contributed by atoms with van der Waals surface area (Å²) in [6, 6.07) is 0.217. The van der Waals surface area contributed by atoms with Gasteiger partial charge in [-0.15, -0.1) is 11.3 Å². The predicted molar refractivity (Wildman–Crippen MR) is 106 cm³/mol. The number of thiazole rings is 1. The molecule has 0 atom stereocenters. The molecular formula is C18H28F3N5O2S. The summed E-state index contributed by atoms with van der Waals surface area (Å²) < 4.78 is 43.2. The lowest BCUT2D eigenvalue weighted by atomic mass is 10.2. The van der Waals surface area contributed by atoms with Gasteiger partial charge in [-0.25, -0.2) is 9.78 Å². The number of nitrogens with zero attached hydrogens (tertiary/aromatic N) is 3. The second-order valence-corrected chi connectivity index (χ2v) is 8.65. The zero-order chi connectivity index (χ0) is 21.7. The third-order valence-corrected chi connectivity index (χ3v) is 4.87. The maximum Gasteiger partial charge on any atom is 0.434 e. The molecule has 7 nitrogen and oxygen atoms in total. The average molecular weight is 436 g/mol. The van der Waals surface area contributed by atoms with Crippen LogP contribution in [0.5, 0.6) is 0 Å². The normalized spacial score (nSPS) is 15.2. The average Bonchev–Trinajstić information content (AvgIpc) is 3.30. The Labute approximate surface area is 172 Å². The van der Waals surface area contributed by atoms with Crippen molar-refractivity contribution in [1.82, 2.24) is 20.5 Å². The fraction of sp³-hybridized carbons (Fsp3) is 0.722. The zero-order valence-electron chi connectivity index (χ0n) is 17.1. The molecule has 1 aromatic rings. The number of halogens is 3. The van der Waals surface area contributed by atoms with Crippen molar-refractivity contribution in [3.8, 4) is 0 Å². The highest BCUT2D eigenvalue weighted by molar-refractivity contribution is 7.09. The van der Waals surface area contributed by atoms with Crippen LogP contribution in [0.3, 0.4) is 0 Å². The molecule has 0 aromatic carbocycles. The third-order valence-electron chi connectivity index (χ3n) is 3.96. The minimum atomic E-state index is -4.42. The summed E-state index contributed by atoms with van der Waals surface area (Å²) in [5, 5.41) is 7.58. The second-order valence-electron chi connectivity index (χ2n) is 7.70. The molecule has 164 valence electrons. The maximum atomic E-state index is 12.6. The Morgan fingerprint density at radius 2 is 1.97 bits per heavy atom. The molecule has 0 radical (unpaired) electrons. The van der Waals surface area contributed by atoms with Gasteiger partial charge in [0.25, 0.3) is 0 Å². The molecule has 0 aliphatic heterocycles. The number of aliphatic imine (C=N–C) groups is 1. The maximum absolute atomic E-state index is 12.6. The topological polar surface area (TPSA) is 78.9 Å². The Kier molecular flexibility index (Phi) is 7.73. The van der Waals surface area contributed by atoms with Crippen LogP contribution in [0, 0.1) is 0 Å². The molecule has 1 aromatic heterocycles. The van der Waals surface area contributed by atoms with E-state index in [1.807, 2.05) is 20.8 Å². The van der Waals surface area contributed by atoms with E-state index < -0.39 is 17.5 Å². The quantitative estimate of drug-likeness (QED) is 0.508. The number of ether oxygens (including phenoxy) is 1. The fourth-order valence-electron chi connectivity index (χ4n) is 2.49. The molecule has 1 aliphatic rings. The molecule has 1 aliphatic carbocycles. The van der Waals surface area contributed by atoms with Crippen LogP contribution in [0.1, 0.15) is 44.3 Å². The number of hydrogen-bond donors (Lipinski definition) is 2. The fourth-order valence-corrected chi connectivity index (χ4v) is 3.29. The van der Waals surface area contributed by atoms with Crippen molar-refractivity contribution in [3.05, 3.63) is 16.1 Å². The van der Waals surface area contributed by atoms with Gasteiger partial charge in [-0.05, 0) is 33.6 Å². The molecule has 0 bridgehead atoms. The first-order valence-corrected chi connectivity index (χ1v) is 10.3. The number of hydrogen-bond acceptors (Lipinski definition) is 5. The first kappa shape index (κ1) is 23.2. The van der Waals surface area contributed by atoms with Crippen LogP contribution in [-0.2, 0) is 17.3 Å².